The molecule has 0 fully saturated rings. The number of alkyl halides is 3. The molecule has 0 atom stereocenters. The van der Waals surface area contributed by atoms with E-state index in [1.54, 1.807) is 60.0 Å². The van der Waals surface area contributed by atoms with E-state index in [1.165, 1.54) is 25.3 Å². The number of sulfone groups is 1. The van der Waals surface area contributed by atoms with Gasteiger partial charge >= 0.3 is 12.1 Å². The highest BCUT2D eigenvalue weighted by Crippen LogP contribution is 2.34. The van der Waals surface area contributed by atoms with Crippen molar-refractivity contribution in [2.24, 2.45) is 0 Å². The van der Waals surface area contributed by atoms with E-state index >= 15 is 0 Å². The van der Waals surface area contributed by atoms with Crippen molar-refractivity contribution >= 4 is 15.8 Å². The van der Waals surface area contributed by atoms with Gasteiger partial charge in [0.05, 0.1) is 28.8 Å². The molecule has 10 heteroatoms. The second kappa shape index (κ2) is 10.4. The van der Waals surface area contributed by atoms with Crippen molar-refractivity contribution in [3.05, 3.63) is 101 Å². The smallest absolute Gasteiger partial charge is 0.416 e. The topological polar surface area (TPSA) is 74.6 Å². The minimum atomic E-state index is -4.54. The van der Waals surface area contributed by atoms with Gasteiger partial charge in [-0.05, 0) is 73.2 Å². The molecule has 0 spiro atoms. The molecule has 6 nitrogen and oxygen atoms in total. The predicted octanol–water partition coefficient (Wildman–Crippen LogP) is 6.24. The second-order valence-electron chi connectivity index (χ2n) is 8.62. The SMILES string of the molecule is COc1ccc(C(=O)OCc2cc(-c3ccc(S(C)(=O)=O)cc3)n(-c3cccc(C(F)(F)F)c3)c2C)cc1. The molecule has 38 heavy (non-hydrogen) atoms. The summed E-state index contributed by atoms with van der Waals surface area (Å²) in [4.78, 5) is 12.7. The first-order chi connectivity index (χ1) is 17.9. The van der Waals surface area contributed by atoms with Crippen molar-refractivity contribution in [2.75, 3.05) is 13.4 Å². The van der Waals surface area contributed by atoms with Crippen molar-refractivity contribution < 1.29 is 35.9 Å². The quantitative estimate of drug-likeness (QED) is 0.258. The molecule has 0 aliphatic rings. The minimum absolute atomic E-state index is 0.115. The molecule has 0 bridgehead atoms. The lowest BCUT2D eigenvalue weighted by Gasteiger charge is -2.15. The van der Waals surface area contributed by atoms with Gasteiger partial charge in [-0.15, -0.1) is 0 Å². The average Bonchev–Trinajstić information content (AvgIpc) is 3.22. The lowest BCUT2D eigenvalue weighted by molar-refractivity contribution is -0.137. The van der Waals surface area contributed by atoms with E-state index < -0.39 is 27.5 Å². The zero-order chi connectivity index (χ0) is 27.7. The Bertz CT molecular complexity index is 1570. The molecule has 0 aliphatic heterocycles. The Kier molecular flexibility index (Phi) is 7.37. The molecular weight excluding hydrogens is 519 g/mol. The molecule has 0 saturated heterocycles. The monoisotopic (exact) mass is 543 g/mol. The molecule has 0 aliphatic carbocycles. The largest absolute Gasteiger partial charge is 0.497 e. The predicted molar refractivity (Wildman–Crippen MR) is 136 cm³/mol. The summed E-state index contributed by atoms with van der Waals surface area (Å²) in [7, 11) is -1.92. The maximum Gasteiger partial charge on any atom is 0.416 e. The van der Waals surface area contributed by atoms with Crippen molar-refractivity contribution in [3.8, 4) is 22.7 Å². The van der Waals surface area contributed by atoms with Crippen molar-refractivity contribution in [1.82, 2.24) is 4.57 Å². The number of ether oxygens (including phenoxy) is 2. The summed E-state index contributed by atoms with van der Waals surface area (Å²) in [5.74, 6) is 0.0139. The Labute approximate surface area is 218 Å². The normalized spacial score (nSPS) is 11.8. The van der Waals surface area contributed by atoms with Crippen LogP contribution in [-0.4, -0.2) is 32.3 Å². The first-order valence-corrected chi connectivity index (χ1v) is 13.3. The Morgan fingerprint density at radius 2 is 1.61 bits per heavy atom. The molecule has 0 unspecified atom stereocenters. The molecule has 1 heterocycles. The van der Waals surface area contributed by atoms with Gasteiger partial charge in [-0.3, -0.25) is 0 Å². The fraction of sp³-hybridized carbons (Fsp3) is 0.179. The molecule has 4 rings (SSSR count). The van der Waals surface area contributed by atoms with Crippen LogP contribution >= 0.6 is 0 Å². The molecule has 0 amide bonds. The number of esters is 1. The fourth-order valence-corrected chi connectivity index (χ4v) is 4.63. The highest BCUT2D eigenvalue weighted by atomic mass is 32.2. The number of hydrogen-bond donors (Lipinski definition) is 0. The highest BCUT2D eigenvalue weighted by molar-refractivity contribution is 7.90. The molecule has 4 aromatic rings. The lowest BCUT2D eigenvalue weighted by atomic mass is 10.1. The molecule has 0 saturated carbocycles. The summed E-state index contributed by atoms with van der Waals surface area (Å²) < 4.78 is 76.4. The van der Waals surface area contributed by atoms with Crippen LogP contribution in [0.15, 0.2) is 83.8 Å². The van der Waals surface area contributed by atoms with Crippen LogP contribution < -0.4 is 4.74 Å². The van der Waals surface area contributed by atoms with Gasteiger partial charge in [-0.2, -0.15) is 13.2 Å². The van der Waals surface area contributed by atoms with Gasteiger partial charge in [0, 0.05) is 23.2 Å². The van der Waals surface area contributed by atoms with Crippen LogP contribution in [0.2, 0.25) is 0 Å². The highest BCUT2D eigenvalue weighted by Gasteiger charge is 2.31. The number of halogens is 3. The Balaban J connectivity index is 1.74. The number of hydrogen-bond acceptors (Lipinski definition) is 5. The number of methoxy groups -OCH3 is 1. The summed E-state index contributed by atoms with van der Waals surface area (Å²) >= 11 is 0. The fourth-order valence-electron chi connectivity index (χ4n) is 4.00. The first-order valence-electron chi connectivity index (χ1n) is 11.4. The maximum atomic E-state index is 13.5. The standard InChI is InChI=1S/C28H24F3NO5S/c1-18-21(17-37-27(33)20-7-11-24(36-2)12-8-20)15-26(19-9-13-25(14-10-19)38(3,34)35)32(18)23-6-4-5-22(16-23)28(29,30)31/h4-16H,17H2,1-3H3. The van der Waals surface area contributed by atoms with E-state index in [0.29, 0.717) is 33.8 Å². The van der Waals surface area contributed by atoms with E-state index in [1.807, 2.05) is 0 Å². The number of carbonyl (C=O) groups excluding carboxylic acids is 1. The molecule has 0 radical (unpaired) electrons. The maximum absolute atomic E-state index is 13.5. The average molecular weight is 544 g/mol. The summed E-state index contributed by atoms with van der Waals surface area (Å²) in [6, 6.07) is 19.0. The molecule has 198 valence electrons. The van der Waals surface area contributed by atoms with Gasteiger partial charge in [0.25, 0.3) is 0 Å². The van der Waals surface area contributed by atoms with E-state index in [0.717, 1.165) is 18.4 Å². The number of rotatable bonds is 7. The molecular formula is C28H24F3NO5S. The Hall–Kier alpha value is -4.05. The van der Waals surface area contributed by atoms with Crippen LogP contribution in [0.1, 0.15) is 27.2 Å². The zero-order valence-corrected chi connectivity index (χ0v) is 21.6. The van der Waals surface area contributed by atoms with Crippen molar-refractivity contribution in [1.29, 1.82) is 0 Å². The summed E-state index contributed by atoms with van der Waals surface area (Å²) in [6.07, 6.45) is -3.45. The molecule has 0 N–H and O–H groups in total. The molecule has 1 aromatic heterocycles. The third-order valence-corrected chi connectivity index (χ3v) is 7.17. The van der Waals surface area contributed by atoms with Gasteiger partial charge in [-0.25, -0.2) is 13.2 Å². The van der Waals surface area contributed by atoms with Crippen LogP contribution in [0.5, 0.6) is 5.75 Å². The molecule has 3 aromatic carbocycles. The third kappa shape index (κ3) is 5.75. The van der Waals surface area contributed by atoms with Gasteiger partial charge in [0.15, 0.2) is 9.84 Å². The van der Waals surface area contributed by atoms with E-state index in [2.05, 4.69) is 0 Å². The van der Waals surface area contributed by atoms with Crippen molar-refractivity contribution in [3.63, 3.8) is 0 Å². The van der Waals surface area contributed by atoms with Gasteiger partial charge in [-0.1, -0.05) is 18.2 Å². The van der Waals surface area contributed by atoms with Crippen LogP contribution in [0.25, 0.3) is 16.9 Å². The van der Waals surface area contributed by atoms with Crippen molar-refractivity contribution in [2.45, 2.75) is 24.6 Å². The van der Waals surface area contributed by atoms with E-state index in [-0.39, 0.29) is 17.2 Å². The lowest BCUT2D eigenvalue weighted by Crippen LogP contribution is -2.08. The number of aromatic nitrogens is 1. The Morgan fingerprint density at radius 1 is 0.947 bits per heavy atom. The number of nitrogens with zero attached hydrogens (tertiary/aromatic N) is 1. The third-order valence-electron chi connectivity index (χ3n) is 6.05. The van der Waals surface area contributed by atoms with E-state index in [9.17, 15) is 26.4 Å². The first kappa shape index (κ1) is 27.0. The second-order valence-corrected chi connectivity index (χ2v) is 10.6. The van der Waals surface area contributed by atoms with Gasteiger partial charge < -0.3 is 14.0 Å². The zero-order valence-electron chi connectivity index (χ0n) is 20.7. The van der Waals surface area contributed by atoms with Crippen LogP contribution in [0, 0.1) is 6.92 Å². The van der Waals surface area contributed by atoms with Gasteiger partial charge in [0.1, 0.15) is 12.4 Å². The summed E-state index contributed by atoms with van der Waals surface area (Å²) in [6.45, 7) is 1.59. The summed E-state index contributed by atoms with van der Waals surface area (Å²) in [5, 5.41) is 0. The number of benzene rings is 3. The van der Waals surface area contributed by atoms with E-state index in [4.69, 9.17) is 9.47 Å². The van der Waals surface area contributed by atoms with Gasteiger partial charge in [0.2, 0.25) is 0 Å². The van der Waals surface area contributed by atoms with Crippen LogP contribution in [0.3, 0.4) is 0 Å². The Morgan fingerprint density at radius 3 is 2.18 bits per heavy atom. The number of carbonyl (C=O) groups is 1. The minimum Gasteiger partial charge on any atom is -0.497 e. The summed E-state index contributed by atoms with van der Waals surface area (Å²) in [5.41, 5.74) is 1.99. The van der Waals surface area contributed by atoms with Crippen LogP contribution in [-0.2, 0) is 27.4 Å². The van der Waals surface area contributed by atoms with Crippen LogP contribution in [0.4, 0.5) is 13.2 Å².